The van der Waals surface area contributed by atoms with E-state index in [2.05, 4.69) is 0 Å². The fraction of sp³-hybridized carbons (Fsp3) is 0.115. The molecule has 152 valence electrons. The molecule has 0 spiro atoms. The summed E-state index contributed by atoms with van der Waals surface area (Å²) in [6.07, 6.45) is 0. The Morgan fingerprint density at radius 2 is 1.39 bits per heavy atom. The number of fused-ring (bicyclic) bond motifs is 2. The molecular formula is C26H20FN2O2+. The van der Waals surface area contributed by atoms with E-state index in [0.717, 1.165) is 17.0 Å². The molecule has 0 atom stereocenters. The van der Waals surface area contributed by atoms with Gasteiger partial charge in [0.2, 0.25) is 23.0 Å². The van der Waals surface area contributed by atoms with E-state index in [0.29, 0.717) is 35.6 Å². The molecule has 0 unspecified atom stereocenters. The zero-order valence-corrected chi connectivity index (χ0v) is 17.0. The third-order valence-electron chi connectivity index (χ3n) is 5.83. The van der Waals surface area contributed by atoms with E-state index in [-0.39, 0.29) is 17.4 Å². The summed E-state index contributed by atoms with van der Waals surface area (Å²) < 4.78 is 17.2. The van der Waals surface area contributed by atoms with Crippen LogP contribution in [0.1, 0.15) is 49.1 Å². The molecule has 4 nitrogen and oxygen atoms in total. The van der Waals surface area contributed by atoms with Gasteiger partial charge >= 0.3 is 0 Å². The normalized spacial score (nSPS) is 12.6. The highest BCUT2D eigenvalue weighted by Crippen LogP contribution is 2.28. The van der Waals surface area contributed by atoms with Gasteiger partial charge in [-0.2, -0.15) is 0 Å². The molecule has 1 aliphatic rings. The number of nitrogens with zero attached hydrogens (tertiary/aromatic N) is 2. The van der Waals surface area contributed by atoms with Gasteiger partial charge in [-0.15, -0.1) is 0 Å². The van der Waals surface area contributed by atoms with Crippen molar-refractivity contribution < 1.29 is 18.5 Å². The fourth-order valence-electron chi connectivity index (χ4n) is 4.24. The molecule has 5 heteroatoms. The lowest BCUT2D eigenvalue weighted by Gasteiger charge is -2.13. The van der Waals surface area contributed by atoms with Gasteiger partial charge in [0, 0.05) is 18.1 Å². The minimum absolute atomic E-state index is 0.151. The van der Waals surface area contributed by atoms with Crippen LogP contribution in [0.3, 0.4) is 0 Å². The lowest BCUT2D eigenvalue weighted by molar-refractivity contribution is -0.695. The Morgan fingerprint density at radius 1 is 0.774 bits per heavy atom. The summed E-state index contributed by atoms with van der Waals surface area (Å²) >= 11 is 0. The number of hydrogen-bond donors (Lipinski definition) is 0. The van der Waals surface area contributed by atoms with Gasteiger partial charge in [-0.05, 0) is 23.3 Å². The summed E-state index contributed by atoms with van der Waals surface area (Å²) in [4.78, 5) is 27.0. The van der Waals surface area contributed by atoms with Crippen LogP contribution in [0.5, 0.6) is 0 Å². The van der Waals surface area contributed by atoms with E-state index < -0.39 is 0 Å². The number of hydrogen-bond acceptors (Lipinski definition) is 2. The Labute approximate surface area is 179 Å². The first-order chi connectivity index (χ1) is 15.0. The van der Waals surface area contributed by atoms with Gasteiger partial charge in [0.15, 0.2) is 0 Å². The molecule has 0 amide bonds. The van der Waals surface area contributed by atoms with Crippen LogP contribution in [-0.2, 0) is 13.1 Å². The SMILES string of the molecule is Cc1n(Cc2ccc(F)cc2)c2c([n+]1Cc1ccccc1)C(=O)c1ccccc1C2=O. The molecule has 0 N–H and O–H groups in total. The molecule has 31 heavy (non-hydrogen) atoms. The van der Waals surface area contributed by atoms with E-state index in [4.69, 9.17) is 0 Å². The van der Waals surface area contributed by atoms with Crippen LogP contribution in [0.25, 0.3) is 0 Å². The van der Waals surface area contributed by atoms with E-state index in [1.165, 1.54) is 12.1 Å². The average Bonchev–Trinajstić information content (AvgIpc) is 3.06. The first-order valence-corrected chi connectivity index (χ1v) is 10.1. The number of benzene rings is 3. The van der Waals surface area contributed by atoms with Crippen molar-refractivity contribution in [2.75, 3.05) is 0 Å². The zero-order chi connectivity index (χ0) is 21.5. The molecule has 1 heterocycles. The smallest absolute Gasteiger partial charge is 0.255 e. The molecular weight excluding hydrogens is 391 g/mol. The highest BCUT2D eigenvalue weighted by atomic mass is 19.1. The Hall–Kier alpha value is -3.86. The van der Waals surface area contributed by atoms with Crippen molar-refractivity contribution in [2.24, 2.45) is 0 Å². The largest absolute Gasteiger partial charge is 0.284 e. The van der Waals surface area contributed by atoms with Crippen LogP contribution in [0.4, 0.5) is 4.39 Å². The van der Waals surface area contributed by atoms with Crippen molar-refractivity contribution in [3.63, 3.8) is 0 Å². The Kier molecular flexibility index (Phi) is 4.59. The number of ketones is 2. The standard InChI is InChI=1S/C26H20FN2O2/c1-17-28(15-18-7-3-2-4-8-18)23-24(29(17)16-19-11-13-20(27)14-12-19)26(31)22-10-6-5-9-21(22)25(23)30/h2-14H,15-16H2,1H3/q+1. The van der Waals surface area contributed by atoms with E-state index in [1.54, 1.807) is 36.4 Å². The monoisotopic (exact) mass is 411 g/mol. The van der Waals surface area contributed by atoms with Crippen molar-refractivity contribution in [2.45, 2.75) is 20.0 Å². The van der Waals surface area contributed by atoms with E-state index >= 15 is 0 Å². The topological polar surface area (TPSA) is 43.0 Å². The van der Waals surface area contributed by atoms with Crippen LogP contribution >= 0.6 is 0 Å². The quantitative estimate of drug-likeness (QED) is 0.418. The maximum atomic E-state index is 13.5. The van der Waals surface area contributed by atoms with Crippen LogP contribution in [0.2, 0.25) is 0 Å². The van der Waals surface area contributed by atoms with Gasteiger partial charge in [0.1, 0.15) is 18.9 Å². The van der Waals surface area contributed by atoms with Crippen LogP contribution in [0, 0.1) is 12.7 Å². The molecule has 1 aromatic heterocycles. The number of rotatable bonds is 4. The second-order valence-electron chi connectivity index (χ2n) is 7.73. The maximum Gasteiger partial charge on any atom is 0.255 e. The minimum Gasteiger partial charge on any atom is -0.284 e. The molecule has 0 saturated carbocycles. The molecule has 0 aliphatic heterocycles. The molecule has 4 aromatic rings. The van der Waals surface area contributed by atoms with E-state index in [9.17, 15) is 14.0 Å². The molecule has 0 fully saturated rings. The van der Waals surface area contributed by atoms with Crippen LogP contribution < -0.4 is 4.57 Å². The summed E-state index contributed by atoms with van der Waals surface area (Å²) in [5, 5.41) is 0. The summed E-state index contributed by atoms with van der Waals surface area (Å²) in [5.74, 6) is 0.173. The number of aromatic nitrogens is 2. The van der Waals surface area contributed by atoms with Gasteiger partial charge in [-0.25, -0.2) is 13.5 Å². The zero-order valence-electron chi connectivity index (χ0n) is 17.0. The predicted octanol–water partition coefficient (Wildman–Crippen LogP) is 4.10. The molecule has 5 rings (SSSR count). The highest BCUT2D eigenvalue weighted by Gasteiger charge is 2.42. The second kappa shape index (κ2) is 7.43. The van der Waals surface area contributed by atoms with Crippen LogP contribution in [0.15, 0.2) is 78.9 Å². The third-order valence-corrected chi connectivity index (χ3v) is 5.83. The van der Waals surface area contributed by atoms with E-state index in [1.807, 2.05) is 46.4 Å². The number of carbonyl (C=O) groups excluding carboxylic acids is 2. The Bertz CT molecular complexity index is 1320. The molecule has 0 saturated heterocycles. The first-order valence-electron chi connectivity index (χ1n) is 10.1. The Balaban J connectivity index is 1.71. The lowest BCUT2D eigenvalue weighted by atomic mass is 9.89. The summed E-state index contributed by atoms with van der Waals surface area (Å²) in [5.41, 5.74) is 3.55. The molecule has 0 radical (unpaired) electrons. The van der Waals surface area contributed by atoms with Crippen molar-refractivity contribution >= 4 is 11.6 Å². The van der Waals surface area contributed by atoms with Crippen molar-refractivity contribution in [1.29, 1.82) is 0 Å². The van der Waals surface area contributed by atoms with Gasteiger partial charge in [-0.3, -0.25) is 9.59 Å². The fourth-order valence-corrected chi connectivity index (χ4v) is 4.24. The van der Waals surface area contributed by atoms with Crippen molar-refractivity contribution in [3.05, 3.63) is 124 Å². The maximum absolute atomic E-state index is 13.5. The minimum atomic E-state index is -0.311. The lowest BCUT2D eigenvalue weighted by Crippen LogP contribution is -2.43. The van der Waals surface area contributed by atoms with Crippen molar-refractivity contribution in [3.8, 4) is 0 Å². The van der Waals surface area contributed by atoms with Crippen LogP contribution in [-0.4, -0.2) is 16.1 Å². The van der Waals surface area contributed by atoms with Gasteiger partial charge in [-0.1, -0.05) is 66.7 Å². The van der Waals surface area contributed by atoms with Gasteiger partial charge < -0.3 is 0 Å². The first kappa shape index (κ1) is 19.1. The second-order valence-corrected chi connectivity index (χ2v) is 7.73. The predicted molar refractivity (Wildman–Crippen MR) is 114 cm³/mol. The molecule has 3 aromatic carbocycles. The Morgan fingerprint density at radius 3 is 2.06 bits per heavy atom. The summed E-state index contributed by atoms with van der Waals surface area (Å²) in [6, 6.07) is 23.0. The molecule has 1 aliphatic carbocycles. The van der Waals surface area contributed by atoms with Gasteiger partial charge in [0.05, 0.1) is 0 Å². The number of halogens is 1. The number of imidazole rings is 1. The van der Waals surface area contributed by atoms with Crippen molar-refractivity contribution in [1.82, 2.24) is 4.57 Å². The average molecular weight is 411 g/mol. The highest BCUT2D eigenvalue weighted by molar-refractivity contribution is 6.26. The summed E-state index contributed by atoms with van der Waals surface area (Å²) in [7, 11) is 0. The van der Waals surface area contributed by atoms with Gasteiger partial charge in [0.25, 0.3) is 5.82 Å². The third kappa shape index (κ3) is 3.19. The molecule has 0 bridgehead atoms. The number of carbonyl (C=O) groups is 2. The summed E-state index contributed by atoms with van der Waals surface area (Å²) in [6.45, 7) is 2.76.